The maximum Gasteiger partial charge on any atom is 0.226 e. The van der Waals surface area contributed by atoms with E-state index in [0.717, 1.165) is 12.8 Å². The quantitative estimate of drug-likeness (QED) is 0.657. The number of carbonyl (C=O) groups is 1. The molecule has 0 aliphatic heterocycles. The van der Waals surface area contributed by atoms with Crippen molar-refractivity contribution in [2.24, 2.45) is 11.7 Å². The van der Waals surface area contributed by atoms with Crippen LogP contribution in [0.15, 0.2) is 12.4 Å². The molecule has 0 spiro atoms. The van der Waals surface area contributed by atoms with E-state index in [9.17, 15) is 4.79 Å². The van der Waals surface area contributed by atoms with Crippen molar-refractivity contribution in [1.82, 2.24) is 9.97 Å². The predicted octanol–water partition coefficient (Wildman–Crippen LogP) is 1.11. The Kier molecular flexibility index (Phi) is 4.83. The van der Waals surface area contributed by atoms with Gasteiger partial charge in [0.1, 0.15) is 0 Å². The highest BCUT2D eigenvalue weighted by Gasteiger charge is 2.07. The average molecular weight is 210 g/mol. The first-order valence-electron chi connectivity index (χ1n) is 5.21. The van der Waals surface area contributed by atoms with Gasteiger partial charge in [-0.2, -0.15) is 0 Å². The zero-order chi connectivity index (χ0) is 11.1. The molecule has 1 heterocycles. The van der Waals surface area contributed by atoms with E-state index in [1.165, 1.54) is 0 Å². The lowest BCUT2D eigenvalue weighted by Crippen LogP contribution is -2.14. The Labute approximate surface area is 89.5 Å². The summed E-state index contributed by atoms with van der Waals surface area (Å²) >= 11 is 0. The molecule has 1 aromatic heterocycles. The van der Waals surface area contributed by atoms with E-state index in [0.29, 0.717) is 24.8 Å². The second-order valence-corrected chi connectivity index (χ2v) is 3.71. The van der Waals surface area contributed by atoms with Crippen molar-refractivity contribution >= 4 is 11.9 Å². The van der Waals surface area contributed by atoms with Gasteiger partial charge in [0, 0.05) is 18.8 Å². The van der Waals surface area contributed by atoms with Gasteiger partial charge in [-0.1, -0.05) is 6.92 Å². The van der Waals surface area contributed by atoms with Gasteiger partial charge in [-0.15, -0.1) is 0 Å². The molecule has 84 valence electrons. The Balaban J connectivity index is 2.19. The maximum atomic E-state index is 11.4. The van der Waals surface area contributed by atoms with Crippen molar-refractivity contribution in [2.75, 3.05) is 11.9 Å². The summed E-state index contributed by atoms with van der Waals surface area (Å²) in [5, 5.41) is 2.68. The largest absolute Gasteiger partial charge is 0.331 e. The highest BCUT2D eigenvalue weighted by Crippen LogP contribution is 2.09. The molecule has 0 aliphatic carbocycles. The second-order valence-electron chi connectivity index (χ2n) is 3.71. The van der Waals surface area contributed by atoms with Gasteiger partial charge in [-0.3, -0.25) is 10.1 Å². The van der Waals surface area contributed by atoms with Crippen LogP contribution in [0.25, 0.3) is 0 Å². The third kappa shape index (κ3) is 4.60. The Hall–Kier alpha value is -1.36. The molecule has 5 heteroatoms. The van der Waals surface area contributed by atoms with Gasteiger partial charge in [0.2, 0.25) is 11.9 Å². The van der Waals surface area contributed by atoms with Crippen LogP contribution in [0.5, 0.6) is 0 Å². The highest BCUT2D eigenvalue weighted by atomic mass is 16.1. The lowest BCUT2D eigenvalue weighted by molar-refractivity contribution is -0.116. The van der Waals surface area contributed by atoms with Gasteiger partial charge in [-0.25, -0.2) is 4.98 Å². The summed E-state index contributed by atoms with van der Waals surface area (Å²) in [7, 11) is 0. The molecular weight excluding hydrogens is 192 g/mol. The van der Waals surface area contributed by atoms with E-state index >= 15 is 0 Å². The van der Waals surface area contributed by atoms with Crippen LogP contribution in [-0.2, 0) is 4.79 Å². The number of hydrogen-bond acceptors (Lipinski definition) is 3. The Morgan fingerprint density at radius 1 is 1.67 bits per heavy atom. The summed E-state index contributed by atoms with van der Waals surface area (Å²) in [5.41, 5.74) is 5.43. The number of hydrogen-bond donors (Lipinski definition) is 3. The molecular formula is C10H18N4O. The molecule has 0 bridgehead atoms. The molecule has 0 fully saturated rings. The van der Waals surface area contributed by atoms with Gasteiger partial charge in [0.15, 0.2) is 0 Å². The molecule has 1 amide bonds. The van der Waals surface area contributed by atoms with E-state index in [-0.39, 0.29) is 5.91 Å². The van der Waals surface area contributed by atoms with E-state index in [4.69, 9.17) is 5.73 Å². The number of anilines is 1. The Morgan fingerprint density at radius 2 is 2.47 bits per heavy atom. The van der Waals surface area contributed by atoms with E-state index in [2.05, 4.69) is 22.2 Å². The number of nitrogens with one attached hydrogen (secondary N) is 2. The molecule has 15 heavy (non-hydrogen) atoms. The van der Waals surface area contributed by atoms with E-state index in [1.807, 2.05) is 0 Å². The topological polar surface area (TPSA) is 83.8 Å². The van der Waals surface area contributed by atoms with Crippen LogP contribution in [0.2, 0.25) is 0 Å². The maximum absolute atomic E-state index is 11.4. The lowest BCUT2D eigenvalue weighted by Gasteiger charge is -2.08. The number of amides is 1. The fraction of sp³-hybridized carbons (Fsp3) is 0.600. The van der Waals surface area contributed by atoms with Crippen molar-refractivity contribution in [1.29, 1.82) is 0 Å². The first-order valence-corrected chi connectivity index (χ1v) is 5.21. The first kappa shape index (κ1) is 11.7. The summed E-state index contributed by atoms with van der Waals surface area (Å²) in [5.74, 6) is 0.998. The first-order chi connectivity index (χ1) is 7.22. The van der Waals surface area contributed by atoms with E-state index < -0.39 is 0 Å². The summed E-state index contributed by atoms with van der Waals surface area (Å²) in [6.07, 6.45) is 5.62. The predicted molar refractivity (Wildman–Crippen MR) is 59.3 cm³/mol. The number of aromatic nitrogens is 2. The highest BCUT2D eigenvalue weighted by molar-refractivity contribution is 5.88. The molecule has 0 aromatic carbocycles. The number of H-pyrrole nitrogens is 1. The van der Waals surface area contributed by atoms with Gasteiger partial charge in [0.05, 0.1) is 0 Å². The molecule has 1 aromatic rings. The molecule has 4 N–H and O–H groups in total. The van der Waals surface area contributed by atoms with Crippen LogP contribution in [0.1, 0.15) is 26.2 Å². The summed E-state index contributed by atoms with van der Waals surface area (Å²) in [6, 6.07) is 0. The molecule has 0 aliphatic rings. The van der Waals surface area contributed by atoms with Crippen LogP contribution in [0, 0.1) is 5.92 Å². The van der Waals surface area contributed by atoms with Crippen LogP contribution >= 0.6 is 0 Å². The van der Waals surface area contributed by atoms with Crippen molar-refractivity contribution in [3.8, 4) is 0 Å². The number of nitrogens with zero attached hydrogens (tertiary/aromatic N) is 1. The third-order valence-corrected chi connectivity index (χ3v) is 2.28. The SMILES string of the molecule is CC(CCN)CCC(=O)Nc1ncc[nH]1. The minimum atomic E-state index is -0.00572. The molecule has 1 unspecified atom stereocenters. The third-order valence-electron chi connectivity index (χ3n) is 2.28. The standard InChI is InChI=1S/C10H18N4O/c1-8(4-5-11)2-3-9(15)14-10-12-6-7-13-10/h6-8H,2-5,11H2,1H3,(H2,12,13,14,15). The Morgan fingerprint density at radius 3 is 3.07 bits per heavy atom. The van der Waals surface area contributed by atoms with Crippen molar-refractivity contribution in [2.45, 2.75) is 26.2 Å². The second kappa shape index (κ2) is 6.19. The normalized spacial score (nSPS) is 12.4. The number of nitrogens with two attached hydrogens (primary N) is 1. The molecule has 0 radical (unpaired) electrons. The summed E-state index contributed by atoms with van der Waals surface area (Å²) in [4.78, 5) is 18.1. The number of rotatable bonds is 6. The number of aromatic amines is 1. The van der Waals surface area contributed by atoms with Gasteiger partial charge in [0.25, 0.3) is 0 Å². The van der Waals surface area contributed by atoms with Crippen LogP contribution in [-0.4, -0.2) is 22.4 Å². The minimum absolute atomic E-state index is 0.00572. The molecule has 0 saturated heterocycles. The van der Waals surface area contributed by atoms with Crippen molar-refractivity contribution in [3.05, 3.63) is 12.4 Å². The molecule has 0 saturated carbocycles. The number of imidazole rings is 1. The van der Waals surface area contributed by atoms with Gasteiger partial charge >= 0.3 is 0 Å². The summed E-state index contributed by atoms with van der Waals surface area (Å²) < 4.78 is 0. The fourth-order valence-electron chi connectivity index (χ4n) is 1.33. The van der Waals surface area contributed by atoms with Gasteiger partial charge in [-0.05, 0) is 25.3 Å². The van der Waals surface area contributed by atoms with E-state index in [1.54, 1.807) is 12.4 Å². The molecule has 5 nitrogen and oxygen atoms in total. The molecule has 1 atom stereocenters. The van der Waals surface area contributed by atoms with Gasteiger partial charge < -0.3 is 10.7 Å². The minimum Gasteiger partial charge on any atom is -0.331 e. The average Bonchev–Trinajstić information content (AvgIpc) is 2.68. The van der Waals surface area contributed by atoms with Crippen LogP contribution in [0.4, 0.5) is 5.95 Å². The fourth-order valence-corrected chi connectivity index (χ4v) is 1.33. The molecule has 1 rings (SSSR count). The zero-order valence-electron chi connectivity index (χ0n) is 8.99. The Bertz CT molecular complexity index is 284. The monoisotopic (exact) mass is 210 g/mol. The lowest BCUT2D eigenvalue weighted by atomic mass is 10.0. The van der Waals surface area contributed by atoms with Crippen molar-refractivity contribution in [3.63, 3.8) is 0 Å². The zero-order valence-corrected chi connectivity index (χ0v) is 8.99. The summed E-state index contributed by atoms with van der Waals surface area (Å²) in [6.45, 7) is 2.79. The van der Waals surface area contributed by atoms with Crippen molar-refractivity contribution < 1.29 is 4.79 Å². The van der Waals surface area contributed by atoms with Crippen LogP contribution in [0.3, 0.4) is 0 Å². The number of carbonyl (C=O) groups excluding carboxylic acids is 1. The van der Waals surface area contributed by atoms with Crippen LogP contribution < -0.4 is 11.1 Å². The smallest absolute Gasteiger partial charge is 0.226 e.